The average molecular weight is 422 g/mol. The number of carbonyl (C=O) groups is 1. The minimum absolute atomic E-state index is 0.164. The molecular weight excluding hydrogens is 398 g/mol. The molecule has 2 heterocycles. The normalized spacial score (nSPS) is 14.5. The summed E-state index contributed by atoms with van der Waals surface area (Å²) in [4.78, 5) is 23.9. The number of amides is 1. The van der Waals surface area contributed by atoms with Crippen LogP contribution in [0.4, 0.5) is 0 Å². The Balaban J connectivity index is 1.37. The molecule has 1 aromatic heterocycles. The number of piperidine rings is 1. The van der Waals surface area contributed by atoms with E-state index in [1.165, 1.54) is 0 Å². The molecule has 6 heteroatoms. The second kappa shape index (κ2) is 9.26. The highest BCUT2D eigenvalue weighted by atomic mass is 35.5. The van der Waals surface area contributed by atoms with Gasteiger partial charge in [-0.15, -0.1) is 0 Å². The zero-order valence-corrected chi connectivity index (χ0v) is 17.7. The second-order valence-corrected chi connectivity index (χ2v) is 7.96. The average Bonchev–Trinajstić information content (AvgIpc) is 2.80. The van der Waals surface area contributed by atoms with Crippen LogP contribution in [0.2, 0.25) is 5.02 Å². The molecule has 1 aliphatic heterocycles. The van der Waals surface area contributed by atoms with Crippen molar-refractivity contribution in [2.45, 2.75) is 25.2 Å². The van der Waals surface area contributed by atoms with E-state index in [2.05, 4.69) is 4.98 Å². The fourth-order valence-corrected chi connectivity index (χ4v) is 4.01. The van der Waals surface area contributed by atoms with Crippen molar-refractivity contribution in [1.82, 2.24) is 14.9 Å². The Morgan fingerprint density at radius 2 is 1.90 bits per heavy atom. The summed E-state index contributed by atoms with van der Waals surface area (Å²) < 4.78 is 5.17. The standard InChI is InChI=1S/C24H24ClN3O2/c1-30-21-7-5-17(6-8-21)13-24(29)28-11-9-18(10-12-28)22-15-26-16-23(27-22)19-3-2-4-20(25)14-19/h2-8,14-16,18H,9-13H2,1H3. The molecule has 0 radical (unpaired) electrons. The number of methoxy groups -OCH3 is 1. The smallest absolute Gasteiger partial charge is 0.226 e. The predicted octanol–water partition coefficient (Wildman–Crippen LogP) is 4.75. The van der Waals surface area contributed by atoms with Crippen LogP contribution in [0.15, 0.2) is 60.9 Å². The lowest BCUT2D eigenvalue weighted by Crippen LogP contribution is -2.38. The maximum atomic E-state index is 12.7. The van der Waals surface area contributed by atoms with Gasteiger partial charge in [-0.2, -0.15) is 0 Å². The van der Waals surface area contributed by atoms with Gasteiger partial charge in [0.2, 0.25) is 5.91 Å². The molecule has 3 aromatic rings. The Bertz CT molecular complexity index is 1010. The third kappa shape index (κ3) is 4.79. The summed E-state index contributed by atoms with van der Waals surface area (Å²) in [6.07, 6.45) is 5.80. The lowest BCUT2D eigenvalue weighted by molar-refractivity contribution is -0.131. The van der Waals surface area contributed by atoms with Gasteiger partial charge in [-0.25, -0.2) is 4.98 Å². The van der Waals surface area contributed by atoms with Crippen LogP contribution in [0, 0.1) is 0 Å². The number of hydrogen-bond acceptors (Lipinski definition) is 4. The maximum absolute atomic E-state index is 12.7. The van der Waals surface area contributed by atoms with Gasteiger partial charge in [-0.3, -0.25) is 9.78 Å². The van der Waals surface area contributed by atoms with Crippen molar-refractivity contribution in [1.29, 1.82) is 0 Å². The highest BCUT2D eigenvalue weighted by Gasteiger charge is 2.25. The first kappa shape index (κ1) is 20.4. The third-order valence-electron chi connectivity index (χ3n) is 5.55. The van der Waals surface area contributed by atoms with Crippen LogP contribution in [-0.2, 0) is 11.2 Å². The van der Waals surface area contributed by atoms with Crippen LogP contribution < -0.4 is 4.74 Å². The van der Waals surface area contributed by atoms with Gasteiger partial charge in [0.15, 0.2) is 0 Å². The molecule has 1 saturated heterocycles. The number of halogens is 1. The van der Waals surface area contributed by atoms with Gasteiger partial charge in [0.25, 0.3) is 0 Å². The van der Waals surface area contributed by atoms with Crippen molar-refractivity contribution in [2.24, 2.45) is 0 Å². The van der Waals surface area contributed by atoms with Crippen molar-refractivity contribution in [2.75, 3.05) is 20.2 Å². The fourth-order valence-electron chi connectivity index (χ4n) is 3.82. The first-order chi connectivity index (χ1) is 14.6. The summed E-state index contributed by atoms with van der Waals surface area (Å²) in [5.41, 5.74) is 3.77. The fraction of sp³-hybridized carbons (Fsp3) is 0.292. The van der Waals surface area contributed by atoms with Crippen LogP contribution in [0.1, 0.15) is 30.0 Å². The summed E-state index contributed by atoms with van der Waals surface area (Å²) in [6.45, 7) is 1.48. The number of carbonyl (C=O) groups excluding carboxylic acids is 1. The van der Waals surface area contributed by atoms with E-state index >= 15 is 0 Å². The molecule has 5 nitrogen and oxygen atoms in total. The van der Waals surface area contributed by atoms with Crippen LogP contribution >= 0.6 is 11.6 Å². The summed E-state index contributed by atoms with van der Waals surface area (Å²) >= 11 is 6.11. The van der Waals surface area contributed by atoms with Gasteiger partial charge >= 0.3 is 0 Å². The minimum atomic E-state index is 0.164. The molecule has 4 rings (SSSR count). The van der Waals surface area contributed by atoms with Crippen molar-refractivity contribution < 1.29 is 9.53 Å². The molecule has 2 aromatic carbocycles. The van der Waals surface area contributed by atoms with Crippen LogP contribution in [0.5, 0.6) is 5.75 Å². The predicted molar refractivity (Wildman–Crippen MR) is 118 cm³/mol. The number of rotatable bonds is 5. The van der Waals surface area contributed by atoms with E-state index in [9.17, 15) is 4.79 Å². The molecule has 1 aliphatic rings. The lowest BCUT2D eigenvalue weighted by Gasteiger charge is -2.32. The first-order valence-corrected chi connectivity index (χ1v) is 10.5. The largest absolute Gasteiger partial charge is 0.497 e. The molecule has 0 bridgehead atoms. The van der Waals surface area contributed by atoms with Crippen molar-refractivity contribution in [3.8, 4) is 17.0 Å². The molecule has 0 spiro atoms. The van der Waals surface area contributed by atoms with Crippen molar-refractivity contribution >= 4 is 17.5 Å². The molecule has 0 saturated carbocycles. The Morgan fingerprint density at radius 1 is 1.13 bits per heavy atom. The SMILES string of the molecule is COc1ccc(CC(=O)N2CCC(c3cncc(-c4cccc(Cl)c4)n3)CC2)cc1. The third-order valence-corrected chi connectivity index (χ3v) is 5.79. The quantitative estimate of drug-likeness (QED) is 0.596. The van der Waals surface area contributed by atoms with E-state index in [1.54, 1.807) is 13.3 Å². The van der Waals surface area contributed by atoms with Gasteiger partial charge in [0.1, 0.15) is 5.75 Å². The van der Waals surface area contributed by atoms with Crippen molar-refractivity contribution in [3.05, 3.63) is 77.2 Å². The van der Waals surface area contributed by atoms with Crippen LogP contribution in [0.25, 0.3) is 11.3 Å². The van der Waals surface area contributed by atoms with E-state index in [4.69, 9.17) is 21.3 Å². The molecule has 0 aliphatic carbocycles. The second-order valence-electron chi connectivity index (χ2n) is 7.52. The topological polar surface area (TPSA) is 55.3 Å². The Hall–Kier alpha value is -2.92. The lowest BCUT2D eigenvalue weighted by atomic mass is 9.93. The number of likely N-dealkylation sites (tertiary alicyclic amines) is 1. The van der Waals surface area contributed by atoms with E-state index in [1.807, 2.05) is 59.6 Å². The highest BCUT2D eigenvalue weighted by molar-refractivity contribution is 6.30. The van der Waals surface area contributed by atoms with E-state index in [-0.39, 0.29) is 5.91 Å². The Morgan fingerprint density at radius 3 is 2.60 bits per heavy atom. The highest BCUT2D eigenvalue weighted by Crippen LogP contribution is 2.29. The summed E-state index contributed by atoms with van der Waals surface area (Å²) in [5, 5.41) is 0.684. The molecule has 0 unspecified atom stereocenters. The number of ether oxygens (including phenoxy) is 1. The van der Waals surface area contributed by atoms with Gasteiger partial charge < -0.3 is 9.64 Å². The molecule has 0 atom stereocenters. The van der Waals surface area contributed by atoms with E-state index < -0.39 is 0 Å². The molecule has 1 amide bonds. The molecule has 0 N–H and O–H groups in total. The van der Waals surface area contributed by atoms with Gasteiger partial charge in [-0.1, -0.05) is 35.9 Å². The zero-order chi connectivity index (χ0) is 20.9. The van der Waals surface area contributed by atoms with Gasteiger partial charge in [0, 0.05) is 35.8 Å². The molecule has 154 valence electrons. The monoisotopic (exact) mass is 421 g/mol. The molecule has 1 fully saturated rings. The summed E-state index contributed by atoms with van der Waals surface area (Å²) in [6, 6.07) is 15.3. The number of aromatic nitrogens is 2. The van der Waals surface area contributed by atoms with E-state index in [0.717, 1.165) is 54.2 Å². The molecule has 30 heavy (non-hydrogen) atoms. The maximum Gasteiger partial charge on any atom is 0.226 e. The number of nitrogens with zero attached hydrogens (tertiary/aromatic N) is 3. The minimum Gasteiger partial charge on any atom is -0.497 e. The zero-order valence-electron chi connectivity index (χ0n) is 16.9. The Labute approximate surface area is 181 Å². The van der Waals surface area contributed by atoms with Gasteiger partial charge in [-0.05, 0) is 42.7 Å². The summed E-state index contributed by atoms with van der Waals surface area (Å²) in [7, 11) is 1.64. The van der Waals surface area contributed by atoms with Crippen LogP contribution in [-0.4, -0.2) is 41.0 Å². The van der Waals surface area contributed by atoms with E-state index in [0.29, 0.717) is 17.4 Å². The van der Waals surface area contributed by atoms with Crippen molar-refractivity contribution in [3.63, 3.8) is 0 Å². The molecular formula is C24H24ClN3O2. The number of benzene rings is 2. The summed E-state index contributed by atoms with van der Waals surface area (Å²) in [5.74, 6) is 1.27. The van der Waals surface area contributed by atoms with Crippen LogP contribution in [0.3, 0.4) is 0 Å². The first-order valence-electron chi connectivity index (χ1n) is 10.1. The Kier molecular flexibility index (Phi) is 6.29. The number of hydrogen-bond donors (Lipinski definition) is 0. The van der Waals surface area contributed by atoms with Gasteiger partial charge in [0.05, 0.1) is 31.1 Å².